The highest BCUT2D eigenvalue weighted by atomic mass is 32.2. The van der Waals surface area contributed by atoms with E-state index in [2.05, 4.69) is 15.4 Å². The van der Waals surface area contributed by atoms with Crippen LogP contribution in [0.3, 0.4) is 0 Å². The Morgan fingerprint density at radius 2 is 2.30 bits per heavy atom. The van der Waals surface area contributed by atoms with Gasteiger partial charge in [-0.2, -0.15) is 15.4 Å². The van der Waals surface area contributed by atoms with Crippen LogP contribution in [0, 0.1) is 11.8 Å². The largest absolute Gasteiger partial charge is 0.477 e. The predicted octanol–water partition coefficient (Wildman–Crippen LogP) is 0.236. The number of thioether (sulfide) groups is 1. The molecule has 2 aliphatic heterocycles. The van der Waals surface area contributed by atoms with E-state index in [0.29, 0.717) is 18.6 Å². The number of β-lactam (4-membered cyclic amide) rings is 1. The van der Waals surface area contributed by atoms with Crippen LogP contribution in [0.1, 0.15) is 19.0 Å². The lowest BCUT2D eigenvalue weighted by Gasteiger charge is -2.45. The number of fused-ring (bicyclic) bond motifs is 1. The van der Waals surface area contributed by atoms with Crippen LogP contribution in [0.15, 0.2) is 16.8 Å². The second kappa shape index (κ2) is 6.32. The fraction of sp³-hybridized carbons (Fsp3) is 0.571. The van der Waals surface area contributed by atoms with Crippen molar-refractivity contribution in [2.24, 2.45) is 11.8 Å². The first kappa shape index (κ1) is 16.0. The number of aromatic amines is 1. The first-order chi connectivity index (χ1) is 11.1. The van der Waals surface area contributed by atoms with E-state index in [9.17, 15) is 14.7 Å². The molecule has 0 unspecified atom stereocenters. The van der Waals surface area contributed by atoms with E-state index in [4.69, 9.17) is 5.11 Å². The summed E-state index contributed by atoms with van der Waals surface area (Å²) in [5.41, 5.74) is 0.921. The maximum absolute atomic E-state index is 12.2. The minimum absolute atomic E-state index is 0.0299. The van der Waals surface area contributed by atoms with E-state index in [-0.39, 0.29) is 36.1 Å². The number of nitrogens with zero attached hydrogens (tertiary/aromatic N) is 3. The number of aliphatic hydroxyl groups is 1. The molecule has 124 valence electrons. The molecule has 2 aliphatic rings. The Kier molecular flexibility index (Phi) is 4.40. The molecule has 1 amide bonds. The van der Waals surface area contributed by atoms with E-state index >= 15 is 0 Å². The normalized spacial score (nSPS) is 26.4. The average Bonchev–Trinajstić information content (AvgIpc) is 3.11. The molecule has 3 heterocycles. The molecule has 1 aromatic heterocycles. The van der Waals surface area contributed by atoms with Gasteiger partial charge in [0.2, 0.25) is 5.91 Å². The van der Waals surface area contributed by atoms with Gasteiger partial charge in [0.05, 0.1) is 23.9 Å². The fourth-order valence-corrected chi connectivity index (χ4v) is 4.60. The maximum atomic E-state index is 12.2. The Hall–Kier alpha value is -1.87. The summed E-state index contributed by atoms with van der Waals surface area (Å²) in [6, 6.07) is -0.143. The van der Waals surface area contributed by atoms with Crippen LogP contribution in [0.2, 0.25) is 0 Å². The first-order valence-corrected chi connectivity index (χ1v) is 8.43. The minimum atomic E-state index is -1.07. The monoisotopic (exact) mass is 338 g/mol. The van der Waals surface area contributed by atoms with E-state index < -0.39 is 5.97 Å². The highest BCUT2D eigenvalue weighted by Gasteiger charge is 2.57. The topological polar surface area (TPSA) is 119 Å². The molecule has 0 aromatic carbocycles. The molecular weight excluding hydrogens is 320 g/mol. The fourth-order valence-electron chi connectivity index (χ4n) is 3.34. The SMILES string of the molecule is C[C@H]1C(SCCc2cn[nH]n2)=C(C(=O)O)N2C(=O)[C@@H](CCO)[C@@H]12. The molecule has 23 heavy (non-hydrogen) atoms. The average molecular weight is 338 g/mol. The van der Waals surface area contributed by atoms with Gasteiger partial charge in [0, 0.05) is 29.6 Å². The number of carbonyl (C=O) groups is 2. The first-order valence-electron chi connectivity index (χ1n) is 7.45. The van der Waals surface area contributed by atoms with Crippen molar-refractivity contribution in [2.45, 2.75) is 25.8 Å². The van der Waals surface area contributed by atoms with E-state index in [0.717, 1.165) is 10.6 Å². The number of aliphatic hydroxyl groups excluding tert-OH is 1. The maximum Gasteiger partial charge on any atom is 0.353 e. The van der Waals surface area contributed by atoms with Crippen LogP contribution < -0.4 is 0 Å². The van der Waals surface area contributed by atoms with Gasteiger partial charge in [0.1, 0.15) is 5.70 Å². The molecule has 0 aliphatic carbocycles. The molecule has 3 rings (SSSR count). The van der Waals surface area contributed by atoms with Crippen molar-refractivity contribution in [3.63, 3.8) is 0 Å². The molecule has 3 N–H and O–H groups in total. The van der Waals surface area contributed by atoms with Gasteiger partial charge in [-0.25, -0.2) is 4.79 Å². The number of hydrogen-bond donors (Lipinski definition) is 3. The van der Waals surface area contributed by atoms with Gasteiger partial charge >= 0.3 is 5.97 Å². The lowest BCUT2D eigenvalue weighted by molar-refractivity contribution is -0.157. The van der Waals surface area contributed by atoms with Crippen LogP contribution in [0.25, 0.3) is 0 Å². The standard InChI is InChI=1S/C14H18N4O4S/c1-7-10-9(2-4-19)13(20)18(10)11(14(21)22)12(7)23-5-3-8-6-15-17-16-8/h6-7,9-10,19H,2-5H2,1H3,(H,21,22)(H,15,16,17)/t7-,9+,10-/m1/s1. The molecule has 0 saturated carbocycles. The second-order valence-electron chi connectivity index (χ2n) is 5.68. The summed E-state index contributed by atoms with van der Waals surface area (Å²) >= 11 is 1.46. The Morgan fingerprint density at radius 3 is 2.91 bits per heavy atom. The summed E-state index contributed by atoms with van der Waals surface area (Å²) in [5.74, 6) is -0.905. The van der Waals surface area contributed by atoms with Crippen LogP contribution in [-0.4, -0.2) is 60.8 Å². The third-order valence-corrected chi connectivity index (χ3v) is 5.67. The molecule has 1 saturated heterocycles. The summed E-state index contributed by atoms with van der Waals surface area (Å²) in [6.45, 7) is 1.88. The van der Waals surface area contributed by atoms with Crippen LogP contribution in [0.4, 0.5) is 0 Å². The molecular formula is C14H18N4O4S. The lowest BCUT2D eigenvalue weighted by Crippen LogP contribution is -2.60. The van der Waals surface area contributed by atoms with E-state index in [1.807, 2.05) is 6.92 Å². The number of carboxylic acid groups (broad SMARTS) is 1. The van der Waals surface area contributed by atoms with Crippen molar-refractivity contribution >= 4 is 23.6 Å². The van der Waals surface area contributed by atoms with Crippen molar-refractivity contribution in [3.05, 3.63) is 22.5 Å². The number of nitrogens with one attached hydrogen (secondary N) is 1. The van der Waals surface area contributed by atoms with E-state index in [1.54, 1.807) is 6.20 Å². The Morgan fingerprint density at radius 1 is 1.52 bits per heavy atom. The van der Waals surface area contributed by atoms with Gasteiger partial charge in [0.25, 0.3) is 0 Å². The molecule has 0 spiro atoms. The molecule has 9 heteroatoms. The number of aromatic nitrogens is 3. The van der Waals surface area contributed by atoms with Gasteiger partial charge < -0.3 is 15.1 Å². The summed E-state index contributed by atoms with van der Waals surface area (Å²) in [5, 5.41) is 28.8. The molecule has 3 atom stereocenters. The number of carboxylic acids is 1. The highest BCUT2D eigenvalue weighted by molar-refractivity contribution is 8.03. The van der Waals surface area contributed by atoms with Gasteiger partial charge in [-0.1, -0.05) is 6.92 Å². The lowest BCUT2D eigenvalue weighted by atomic mass is 9.80. The van der Waals surface area contributed by atoms with Crippen molar-refractivity contribution in [1.29, 1.82) is 0 Å². The Labute approximate surface area is 136 Å². The van der Waals surface area contributed by atoms with Crippen molar-refractivity contribution in [3.8, 4) is 0 Å². The Bertz CT molecular complexity index is 645. The summed E-state index contributed by atoms with van der Waals surface area (Å²) in [7, 11) is 0. The van der Waals surface area contributed by atoms with E-state index in [1.165, 1.54) is 16.7 Å². The quantitative estimate of drug-likeness (QED) is 0.609. The predicted molar refractivity (Wildman–Crippen MR) is 82.2 cm³/mol. The minimum Gasteiger partial charge on any atom is -0.477 e. The van der Waals surface area contributed by atoms with Gasteiger partial charge in [-0.05, 0) is 6.42 Å². The summed E-state index contributed by atoms with van der Waals surface area (Å²) in [6.07, 6.45) is 2.69. The van der Waals surface area contributed by atoms with Crippen LogP contribution >= 0.6 is 11.8 Å². The smallest absolute Gasteiger partial charge is 0.353 e. The Balaban J connectivity index is 1.74. The van der Waals surface area contributed by atoms with Crippen LogP contribution in [-0.2, 0) is 16.0 Å². The van der Waals surface area contributed by atoms with Crippen molar-refractivity contribution in [2.75, 3.05) is 12.4 Å². The molecule has 8 nitrogen and oxygen atoms in total. The number of aliphatic carboxylic acids is 1. The van der Waals surface area contributed by atoms with Crippen molar-refractivity contribution < 1.29 is 19.8 Å². The van der Waals surface area contributed by atoms with Crippen LogP contribution in [0.5, 0.6) is 0 Å². The molecule has 1 aromatic rings. The third-order valence-electron chi connectivity index (χ3n) is 4.39. The second-order valence-corrected chi connectivity index (χ2v) is 6.82. The summed E-state index contributed by atoms with van der Waals surface area (Å²) < 4.78 is 0. The van der Waals surface area contributed by atoms with Gasteiger partial charge in [-0.15, -0.1) is 11.8 Å². The number of amides is 1. The zero-order valence-corrected chi connectivity index (χ0v) is 13.4. The number of carbonyl (C=O) groups excluding carboxylic acids is 1. The molecule has 0 radical (unpaired) electrons. The molecule has 0 bridgehead atoms. The summed E-state index contributed by atoms with van der Waals surface area (Å²) in [4.78, 5) is 25.9. The molecule has 1 fully saturated rings. The number of aryl methyl sites for hydroxylation is 1. The highest BCUT2D eigenvalue weighted by Crippen LogP contribution is 2.50. The number of rotatable bonds is 7. The number of hydrogen-bond acceptors (Lipinski definition) is 6. The third kappa shape index (κ3) is 2.63. The zero-order valence-electron chi connectivity index (χ0n) is 12.6. The zero-order chi connectivity index (χ0) is 16.6. The van der Waals surface area contributed by atoms with Gasteiger partial charge in [-0.3, -0.25) is 4.79 Å². The van der Waals surface area contributed by atoms with Gasteiger partial charge in [0.15, 0.2) is 0 Å². The van der Waals surface area contributed by atoms with Crippen molar-refractivity contribution in [1.82, 2.24) is 20.3 Å². The number of H-pyrrole nitrogens is 1.